The highest BCUT2D eigenvalue weighted by Gasteiger charge is 2.23. The fourth-order valence-corrected chi connectivity index (χ4v) is 1.09. The van der Waals surface area contributed by atoms with Crippen LogP contribution in [0.5, 0.6) is 0 Å². The maximum atomic E-state index is 11.2. The smallest absolute Gasteiger partial charge is 0.316 e. The van der Waals surface area contributed by atoms with Crippen molar-refractivity contribution >= 4 is 6.03 Å². The lowest BCUT2D eigenvalue weighted by molar-refractivity contribution is 0.222. The summed E-state index contributed by atoms with van der Waals surface area (Å²) < 4.78 is 0. The largest absolute Gasteiger partial charge is 0.335 e. The van der Waals surface area contributed by atoms with Crippen molar-refractivity contribution in [1.29, 1.82) is 5.26 Å². The molecular weight excluding hydrogens is 166 g/mol. The first kappa shape index (κ1) is 9.85. The van der Waals surface area contributed by atoms with Gasteiger partial charge in [0, 0.05) is 6.04 Å². The molecule has 0 spiro atoms. The predicted octanol–water partition coefficient (Wildman–Crippen LogP) is 1.14. The van der Waals surface area contributed by atoms with E-state index >= 15 is 0 Å². The highest BCUT2D eigenvalue weighted by molar-refractivity contribution is 5.75. The number of nitriles is 1. The lowest BCUT2D eigenvalue weighted by Crippen LogP contribution is -2.51. The minimum atomic E-state index is -0.784. The normalized spacial score (nSPS) is 17.0. The van der Waals surface area contributed by atoms with Gasteiger partial charge in [0.05, 0.1) is 6.07 Å². The summed E-state index contributed by atoms with van der Waals surface area (Å²) in [5.74, 6) is 0. The molecule has 1 aliphatic carbocycles. The zero-order valence-corrected chi connectivity index (χ0v) is 8.05. The van der Waals surface area contributed by atoms with E-state index in [1.165, 1.54) is 6.42 Å². The Morgan fingerprint density at radius 1 is 1.54 bits per heavy atom. The van der Waals surface area contributed by atoms with Crippen LogP contribution >= 0.6 is 0 Å². The van der Waals surface area contributed by atoms with E-state index < -0.39 is 5.54 Å². The first-order chi connectivity index (χ1) is 6.03. The van der Waals surface area contributed by atoms with Gasteiger partial charge in [-0.1, -0.05) is 0 Å². The zero-order chi connectivity index (χ0) is 9.90. The molecule has 0 aromatic rings. The van der Waals surface area contributed by atoms with Crippen molar-refractivity contribution in [2.24, 2.45) is 0 Å². The van der Waals surface area contributed by atoms with Gasteiger partial charge in [-0.2, -0.15) is 5.26 Å². The Morgan fingerprint density at radius 2 is 2.15 bits per heavy atom. The molecule has 1 rings (SSSR count). The van der Waals surface area contributed by atoms with Crippen LogP contribution in [-0.2, 0) is 0 Å². The third-order valence-corrected chi connectivity index (χ3v) is 2.15. The molecule has 0 heterocycles. The van der Waals surface area contributed by atoms with Gasteiger partial charge in [-0.25, -0.2) is 4.79 Å². The second kappa shape index (κ2) is 3.65. The van der Waals surface area contributed by atoms with Crippen molar-refractivity contribution in [3.05, 3.63) is 0 Å². The van der Waals surface area contributed by atoms with Crippen LogP contribution in [0.2, 0.25) is 0 Å². The molecule has 2 amide bonds. The third kappa shape index (κ3) is 2.94. The summed E-state index contributed by atoms with van der Waals surface area (Å²) in [7, 11) is 0. The third-order valence-electron chi connectivity index (χ3n) is 2.15. The topological polar surface area (TPSA) is 64.9 Å². The van der Waals surface area contributed by atoms with Crippen molar-refractivity contribution < 1.29 is 4.79 Å². The SMILES string of the molecule is CC(C)(C#N)NC(=O)NC1CCC1. The Balaban J connectivity index is 2.28. The van der Waals surface area contributed by atoms with Crippen molar-refractivity contribution in [3.8, 4) is 6.07 Å². The fourth-order valence-electron chi connectivity index (χ4n) is 1.09. The lowest BCUT2D eigenvalue weighted by Gasteiger charge is -2.28. The molecular formula is C9H15N3O. The molecule has 0 aliphatic heterocycles. The molecule has 1 aliphatic rings. The first-order valence-electron chi connectivity index (χ1n) is 4.53. The van der Waals surface area contributed by atoms with Crippen LogP contribution in [0, 0.1) is 11.3 Å². The molecule has 4 heteroatoms. The predicted molar refractivity (Wildman–Crippen MR) is 49.0 cm³/mol. The summed E-state index contributed by atoms with van der Waals surface area (Å²) in [6.45, 7) is 3.35. The molecule has 1 fully saturated rings. The molecule has 0 radical (unpaired) electrons. The van der Waals surface area contributed by atoms with E-state index in [1.807, 2.05) is 6.07 Å². The van der Waals surface area contributed by atoms with Crippen molar-refractivity contribution in [1.82, 2.24) is 10.6 Å². The number of urea groups is 1. The minimum Gasteiger partial charge on any atom is -0.335 e. The van der Waals surface area contributed by atoms with Crippen LogP contribution in [0.4, 0.5) is 4.79 Å². The minimum absolute atomic E-state index is 0.240. The number of nitrogens with zero attached hydrogens (tertiary/aromatic N) is 1. The summed E-state index contributed by atoms with van der Waals surface area (Å²) >= 11 is 0. The Morgan fingerprint density at radius 3 is 2.54 bits per heavy atom. The van der Waals surface area contributed by atoms with Crippen molar-refractivity contribution in [2.45, 2.75) is 44.7 Å². The van der Waals surface area contributed by atoms with Crippen molar-refractivity contribution in [3.63, 3.8) is 0 Å². The summed E-state index contributed by atoms with van der Waals surface area (Å²) in [5, 5.41) is 14.1. The Kier molecular flexibility index (Phi) is 2.76. The molecule has 0 unspecified atom stereocenters. The number of nitrogens with one attached hydrogen (secondary N) is 2. The van der Waals surface area contributed by atoms with Gasteiger partial charge < -0.3 is 10.6 Å². The van der Waals surface area contributed by atoms with Gasteiger partial charge in [-0.05, 0) is 33.1 Å². The van der Waals surface area contributed by atoms with E-state index in [0.717, 1.165) is 12.8 Å². The van der Waals surface area contributed by atoms with E-state index in [2.05, 4.69) is 10.6 Å². The molecule has 13 heavy (non-hydrogen) atoms. The molecule has 0 aromatic heterocycles. The summed E-state index contributed by atoms with van der Waals surface area (Å²) in [5.41, 5.74) is -0.784. The van der Waals surface area contributed by atoms with Gasteiger partial charge in [-0.3, -0.25) is 0 Å². The quantitative estimate of drug-likeness (QED) is 0.671. The highest BCUT2D eigenvalue weighted by Crippen LogP contribution is 2.17. The standard InChI is InChI=1S/C9H15N3O/c1-9(2,6-10)12-8(13)11-7-4-3-5-7/h7H,3-5H2,1-2H3,(H2,11,12,13). The Labute approximate surface area is 78.3 Å². The highest BCUT2D eigenvalue weighted by atomic mass is 16.2. The van der Waals surface area contributed by atoms with Crippen LogP contribution in [0.25, 0.3) is 0 Å². The van der Waals surface area contributed by atoms with Gasteiger partial charge in [0.15, 0.2) is 0 Å². The van der Waals surface area contributed by atoms with Crippen molar-refractivity contribution in [2.75, 3.05) is 0 Å². The van der Waals surface area contributed by atoms with E-state index in [4.69, 9.17) is 5.26 Å². The van der Waals surface area contributed by atoms with E-state index in [9.17, 15) is 4.79 Å². The molecule has 0 saturated heterocycles. The van der Waals surface area contributed by atoms with Gasteiger partial charge in [0.2, 0.25) is 0 Å². The number of carbonyl (C=O) groups excluding carboxylic acids is 1. The van der Waals surface area contributed by atoms with Crippen LogP contribution in [0.1, 0.15) is 33.1 Å². The average Bonchev–Trinajstić information content (AvgIpc) is 1.96. The lowest BCUT2D eigenvalue weighted by atomic mass is 9.93. The van der Waals surface area contributed by atoms with Gasteiger partial charge in [-0.15, -0.1) is 0 Å². The van der Waals surface area contributed by atoms with E-state index in [1.54, 1.807) is 13.8 Å². The number of hydrogen-bond acceptors (Lipinski definition) is 2. The molecule has 2 N–H and O–H groups in total. The number of amides is 2. The van der Waals surface area contributed by atoms with Gasteiger partial charge >= 0.3 is 6.03 Å². The van der Waals surface area contributed by atoms with Gasteiger partial charge in [0.25, 0.3) is 0 Å². The number of carbonyl (C=O) groups is 1. The summed E-state index contributed by atoms with van der Waals surface area (Å²) in [6.07, 6.45) is 3.30. The van der Waals surface area contributed by atoms with Crippen LogP contribution in [0.3, 0.4) is 0 Å². The summed E-state index contributed by atoms with van der Waals surface area (Å²) in [6, 6.07) is 2.08. The average molecular weight is 181 g/mol. The molecule has 1 saturated carbocycles. The maximum absolute atomic E-state index is 11.2. The second-order valence-corrected chi connectivity index (χ2v) is 3.96. The van der Waals surface area contributed by atoms with Crippen LogP contribution in [0.15, 0.2) is 0 Å². The number of hydrogen-bond donors (Lipinski definition) is 2. The summed E-state index contributed by atoms with van der Waals surface area (Å²) in [4.78, 5) is 11.2. The molecule has 0 bridgehead atoms. The maximum Gasteiger partial charge on any atom is 0.316 e. The number of rotatable bonds is 2. The molecule has 72 valence electrons. The first-order valence-corrected chi connectivity index (χ1v) is 4.53. The Hall–Kier alpha value is -1.24. The van der Waals surface area contributed by atoms with E-state index in [0.29, 0.717) is 6.04 Å². The molecule has 4 nitrogen and oxygen atoms in total. The van der Waals surface area contributed by atoms with E-state index in [-0.39, 0.29) is 6.03 Å². The molecule has 0 aromatic carbocycles. The monoisotopic (exact) mass is 181 g/mol. The molecule has 0 atom stereocenters. The Bertz CT molecular complexity index is 238. The van der Waals surface area contributed by atoms with Crippen LogP contribution < -0.4 is 10.6 Å². The zero-order valence-electron chi connectivity index (χ0n) is 8.05. The van der Waals surface area contributed by atoms with Crippen LogP contribution in [-0.4, -0.2) is 17.6 Å². The van der Waals surface area contributed by atoms with Gasteiger partial charge in [0.1, 0.15) is 5.54 Å². The fraction of sp³-hybridized carbons (Fsp3) is 0.778. The second-order valence-electron chi connectivity index (χ2n) is 3.96.